The third kappa shape index (κ3) is 3.54. The second-order valence-corrected chi connectivity index (χ2v) is 8.75. The summed E-state index contributed by atoms with van der Waals surface area (Å²) in [7, 11) is -3.71. The van der Waals surface area contributed by atoms with E-state index >= 15 is 0 Å². The van der Waals surface area contributed by atoms with E-state index in [-0.39, 0.29) is 10.9 Å². The maximum absolute atomic E-state index is 13.0. The Morgan fingerprint density at radius 3 is 2.78 bits per heavy atom. The van der Waals surface area contributed by atoms with Gasteiger partial charge in [0.1, 0.15) is 12.1 Å². The molecule has 1 aliphatic heterocycles. The van der Waals surface area contributed by atoms with Crippen molar-refractivity contribution in [1.82, 2.24) is 19.3 Å². The first-order valence-electron chi connectivity index (χ1n) is 9.17. The van der Waals surface area contributed by atoms with Crippen LogP contribution >= 0.6 is 0 Å². The van der Waals surface area contributed by atoms with Gasteiger partial charge in [-0.25, -0.2) is 22.4 Å². The van der Waals surface area contributed by atoms with Crippen molar-refractivity contribution < 1.29 is 8.42 Å². The normalized spacial score (nSPS) is 18.3. The fourth-order valence-electron chi connectivity index (χ4n) is 3.40. The fourth-order valence-corrected chi connectivity index (χ4v) is 4.70. The molecular weight excluding hydrogens is 362 g/mol. The summed E-state index contributed by atoms with van der Waals surface area (Å²) in [6.45, 7) is 3.82. The number of hydrogen-bond donors (Lipinski definition) is 2. The molecule has 27 heavy (non-hydrogen) atoms. The molecule has 2 N–H and O–H groups in total. The topological polar surface area (TPSA) is 88.9 Å². The number of aromatic nitrogens is 3. The Bertz CT molecular complexity index is 1040. The molecule has 4 rings (SSSR count). The molecule has 0 unspecified atom stereocenters. The van der Waals surface area contributed by atoms with E-state index in [0.29, 0.717) is 16.9 Å². The molecule has 142 valence electrons. The molecule has 0 spiro atoms. The summed E-state index contributed by atoms with van der Waals surface area (Å²) in [5.41, 5.74) is 1.40. The van der Waals surface area contributed by atoms with Crippen molar-refractivity contribution in [1.29, 1.82) is 0 Å². The van der Waals surface area contributed by atoms with Crippen LogP contribution in [-0.2, 0) is 10.0 Å². The number of rotatable bonds is 4. The van der Waals surface area contributed by atoms with E-state index in [1.54, 1.807) is 36.5 Å². The van der Waals surface area contributed by atoms with E-state index in [1.807, 2.05) is 6.92 Å². The van der Waals surface area contributed by atoms with Crippen LogP contribution in [0.4, 0.5) is 5.82 Å². The third-order valence-electron chi connectivity index (χ3n) is 4.91. The maximum atomic E-state index is 13.0. The Hall–Kier alpha value is -2.45. The molecule has 0 radical (unpaired) electrons. The Kier molecular flexibility index (Phi) is 4.84. The first-order chi connectivity index (χ1) is 13.1. The van der Waals surface area contributed by atoms with Crippen molar-refractivity contribution in [3.63, 3.8) is 0 Å². The Labute approximate surface area is 158 Å². The molecule has 2 aromatic heterocycles. The van der Waals surface area contributed by atoms with Gasteiger partial charge in [-0.2, -0.15) is 0 Å². The monoisotopic (exact) mass is 385 g/mol. The van der Waals surface area contributed by atoms with Gasteiger partial charge in [0.05, 0.1) is 10.3 Å². The third-order valence-corrected chi connectivity index (χ3v) is 6.59. The zero-order chi connectivity index (χ0) is 18.9. The lowest BCUT2D eigenvalue weighted by Crippen LogP contribution is -2.31. The number of nitrogens with one attached hydrogen (secondary N) is 2. The van der Waals surface area contributed by atoms with Crippen LogP contribution in [0, 0.1) is 6.92 Å². The molecule has 0 saturated carbocycles. The molecule has 1 fully saturated rings. The van der Waals surface area contributed by atoms with Crippen LogP contribution in [0.2, 0.25) is 0 Å². The molecule has 3 heterocycles. The van der Waals surface area contributed by atoms with Gasteiger partial charge in [0, 0.05) is 18.8 Å². The van der Waals surface area contributed by atoms with Gasteiger partial charge >= 0.3 is 0 Å². The number of nitrogens with zero attached hydrogens (tertiary/aromatic N) is 3. The van der Waals surface area contributed by atoms with Gasteiger partial charge in [-0.1, -0.05) is 24.1 Å². The lowest BCUT2D eigenvalue weighted by molar-refractivity contribution is 0.588. The number of anilines is 1. The molecule has 7 nitrogen and oxygen atoms in total. The molecule has 1 atom stereocenters. The summed E-state index contributed by atoms with van der Waals surface area (Å²) < 4.78 is 27.3. The number of fused-ring (bicyclic) bond motifs is 1. The predicted octanol–water partition coefficient (Wildman–Crippen LogP) is 2.53. The summed E-state index contributed by atoms with van der Waals surface area (Å²) in [5.74, 6) is 0.673. The summed E-state index contributed by atoms with van der Waals surface area (Å²) in [5, 5.41) is 7.57. The minimum atomic E-state index is -3.71. The molecular formula is C19H23N5O2S. The second kappa shape index (κ2) is 7.28. The van der Waals surface area contributed by atoms with Crippen LogP contribution in [0.25, 0.3) is 11.0 Å². The molecule has 0 aliphatic carbocycles. The molecule has 0 amide bonds. The minimum Gasteiger partial charge on any atom is -0.365 e. The van der Waals surface area contributed by atoms with Crippen molar-refractivity contribution in [2.24, 2.45) is 0 Å². The molecule has 1 aliphatic rings. The van der Waals surface area contributed by atoms with E-state index in [1.165, 1.54) is 16.7 Å². The second-order valence-electron chi connectivity index (χ2n) is 6.93. The summed E-state index contributed by atoms with van der Waals surface area (Å²) in [6.07, 6.45) is 6.34. The SMILES string of the molecule is Cc1ccc(S(=O)(=O)n2ccc3c(N[C@H]4CCCCNC4)ncnc32)cc1. The lowest BCUT2D eigenvalue weighted by atomic mass is 10.1. The van der Waals surface area contributed by atoms with Gasteiger partial charge < -0.3 is 10.6 Å². The average molecular weight is 385 g/mol. The maximum Gasteiger partial charge on any atom is 0.269 e. The largest absolute Gasteiger partial charge is 0.365 e. The van der Waals surface area contributed by atoms with Crippen LogP contribution in [0.15, 0.2) is 47.8 Å². The van der Waals surface area contributed by atoms with Crippen LogP contribution in [0.1, 0.15) is 24.8 Å². The quantitative estimate of drug-likeness (QED) is 0.717. The van der Waals surface area contributed by atoms with E-state index in [0.717, 1.165) is 31.5 Å². The minimum absolute atomic E-state index is 0.242. The highest BCUT2D eigenvalue weighted by Crippen LogP contribution is 2.25. The average Bonchev–Trinajstić information content (AvgIpc) is 2.95. The Morgan fingerprint density at radius 1 is 1.15 bits per heavy atom. The summed E-state index contributed by atoms with van der Waals surface area (Å²) in [4.78, 5) is 8.84. The van der Waals surface area contributed by atoms with Crippen LogP contribution in [-0.4, -0.2) is 41.5 Å². The highest BCUT2D eigenvalue weighted by Gasteiger charge is 2.22. The van der Waals surface area contributed by atoms with Crippen molar-refractivity contribution in [3.8, 4) is 0 Å². The van der Waals surface area contributed by atoms with Crippen molar-refractivity contribution >= 4 is 26.9 Å². The summed E-state index contributed by atoms with van der Waals surface area (Å²) >= 11 is 0. The standard InChI is InChI=1S/C19H23N5O2S/c1-14-5-7-16(8-6-14)27(25,26)24-11-9-17-18(21-13-22-19(17)24)23-15-4-2-3-10-20-12-15/h5-9,11,13,15,20H,2-4,10,12H2,1H3,(H,21,22,23)/t15-/m0/s1. The first kappa shape index (κ1) is 17.9. The van der Waals surface area contributed by atoms with E-state index in [4.69, 9.17) is 0 Å². The van der Waals surface area contributed by atoms with Crippen molar-refractivity contribution in [2.45, 2.75) is 37.1 Å². The highest BCUT2D eigenvalue weighted by atomic mass is 32.2. The van der Waals surface area contributed by atoms with Gasteiger partial charge in [-0.3, -0.25) is 0 Å². The molecule has 3 aromatic rings. The first-order valence-corrected chi connectivity index (χ1v) is 10.6. The highest BCUT2D eigenvalue weighted by molar-refractivity contribution is 7.90. The van der Waals surface area contributed by atoms with Gasteiger partial charge in [-0.05, 0) is 44.5 Å². The smallest absolute Gasteiger partial charge is 0.269 e. The van der Waals surface area contributed by atoms with Crippen LogP contribution in [0.3, 0.4) is 0 Å². The summed E-state index contributed by atoms with van der Waals surface area (Å²) in [6, 6.07) is 8.84. The zero-order valence-electron chi connectivity index (χ0n) is 15.2. The van der Waals surface area contributed by atoms with Gasteiger partial charge in [0.2, 0.25) is 0 Å². The van der Waals surface area contributed by atoms with Crippen LogP contribution < -0.4 is 10.6 Å². The fraction of sp³-hybridized carbons (Fsp3) is 0.368. The van der Waals surface area contributed by atoms with Gasteiger partial charge in [0.15, 0.2) is 5.65 Å². The number of hydrogen-bond acceptors (Lipinski definition) is 6. The van der Waals surface area contributed by atoms with E-state index < -0.39 is 10.0 Å². The molecule has 0 bridgehead atoms. The Morgan fingerprint density at radius 2 is 1.96 bits per heavy atom. The molecule has 8 heteroatoms. The molecule has 1 aromatic carbocycles. The lowest BCUT2D eigenvalue weighted by Gasteiger charge is -2.17. The van der Waals surface area contributed by atoms with Crippen LogP contribution in [0.5, 0.6) is 0 Å². The number of aryl methyl sites for hydroxylation is 1. The van der Waals surface area contributed by atoms with Crippen molar-refractivity contribution in [2.75, 3.05) is 18.4 Å². The van der Waals surface area contributed by atoms with E-state index in [9.17, 15) is 8.42 Å². The number of benzene rings is 1. The zero-order valence-corrected chi connectivity index (χ0v) is 16.0. The van der Waals surface area contributed by atoms with Gasteiger partial charge in [0.25, 0.3) is 10.0 Å². The molecule has 1 saturated heterocycles. The van der Waals surface area contributed by atoms with Crippen molar-refractivity contribution in [3.05, 3.63) is 48.4 Å². The van der Waals surface area contributed by atoms with Gasteiger partial charge in [-0.15, -0.1) is 0 Å². The Balaban J connectivity index is 1.70. The van der Waals surface area contributed by atoms with E-state index in [2.05, 4.69) is 20.6 Å². The predicted molar refractivity (Wildman–Crippen MR) is 105 cm³/mol.